The molecule has 2 atom stereocenters. The van der Waals surface area contributed by atoms with E-state index in [2.05, 4.69) is 135 Å². The zero-order valence-corrected chi connectivity index (χ0v) is 39.9. The summed E-state index contributed by atoms with van der Waals surface area (Å²) in [7, 11) is 5.87. The molecule has 0 saturated heterocycles. The van der Waals surface area contributed by atoms with Crippen LogP contribution in [0.25, 0.3) is 0 Å². The number of rotatable bonds is 41. The van der Waals surface area contributed by atoms with Crippen molar-refractivity contribution in [2.45, 2.75) is 155 Å². The molecule has 0 rings (SSSR count). The summed E-state index contributed by atoms with van der Waals surface area (Å²) in [6, 6.07) is 0. The lowest BCUT2D eigenvalue weighted by atomic mass is 10.1. The number of nitrogens with zero attached hydrogens (tertiary/aromatic N) is 1. The zero-order chi connectivity index (χ0) is 46.3. The Balaban J connectivity index is 4.57. The number of esters is 2. The molecule has 0 aromatic rings. The lowest BCUT2D eigenvalue weighted by Crippen LogP contribution is -2.44. The molecule has 9 nitrogen and oxygen atoms in total. The molecule has 0 fully saturated rings. The fraction of sp³-hybridized carbons (Fsp3) is 0.574. The van der Waals surface area contributed by atoms with Gasteiger partial charge in [-0.25, -0.2) is 0 Å². The Bertz CT molecular complexity index is 1440. The highest BCUT2D eigenvalue weighted by molar-refractivity contribution is 5.70. The van der Waals surface area contributed by atoms with Crippen molar-refractivity contribution in [3.8, 4) is 0 Å². The summed E-state index contributed by atoms with van der Waals surface area (Å²) < 4.78 is 22.5. The van der Waals surface area contributed by atoms with E-state index in [0.717, 1.165) is 103 Å². The van der Waals surface area contributed by atoms with Gasteiger partial charge in [-0.3, -0.25) is 9.59 Å². The van der Waals surface area contributed by atoms with Gasteiger partial charge >= 0.3 is 11.9 Å². The molecule has 63 heavy (non-hydrogen) atoms. The molecule has 0 heterocycles. The van der Waals surface area contributed by atoms with Gasteiger partial charge in [-0.15, -0.1) is 0 Å². The van der Waals surface area contributed by atoms with Crippen LogP contribution in [0.15, 0.2) is 122 Å². The number of likely N-dealkylation sites (N-methyl/N-ethyl adjacent to an activating group) is 1. The quantitative estimate of drug-likeness (QED) is 0.0196. The van der Waals surface area contributed by atoms with Gasteiger partial charge < -0.3 is 33.3 Å². The minimum Gasteiger partial charge on any atom is -0.545 e. The van der Waals surface area contributed by atoms with E-state index in [1.807, 2.05) is 21.1 Å². The summed E-state index contributed by atoms with van der Waals surface area (Å²) in [5.74, 6) is -2.40. The molecule has 0 N–H and O–H groups in total. The summed E-state index contributed by atoms with van der Waals surface area (Å²) in [6.45, 7) is 4.40. The number of carboxylic acids is 1. The SMILES string of the molecule is CC/C=C\C/C=C\C/C=C\C/C=C\C/C=C\CCCCCC(=O)OCC(COC(OCC[N+](C)(C)C)C(=O)[O-])OC(=O)CCCCC/C=C\C/C=C\C/C=C\C/C=C\C/C=C\CC. The van der Waals surface area contributed by atoms with Crippen LogP contribution >= 0.6 is 0 Å². The van der Waals surface area contributed by atoms with Gasteiger partial charge in [0.05, 0.1) is 40.3 Å². The third-order valence-electron chi connectivity index (χ3n) is 9.20. The second-order valence-electron chi connectivity index (χ2n) is 16.3. The van der Waals surface area contributed by atoms with Crippen LogP contribution in [0, 0.1) is 0 Å². The average Bonchev–Trinajstić information content (AvgIpc) is 3.24. The van der Waals surface area contributed by atoms with Crippen molar-refractivity contribution in [1.29, 1.82) is 0 Å². The first-order chi connectivity index (χ1) is 30.6. The Kier molecular flexibility index (Phi) is 41.3. The smallest absolute Gasteiger partial charge is 0.306 e. The fourth-order valence-corrected chi connectivity index (χ4v) is 5.59. The minimum absolute atomic E-state index is 0.127. The van der Waals surface area contributed by atoms with Crippen LogP contribution in [0.1, 0.15) is 142 Å². The van der Waals surface area contributed by atoms with E-state index in [1.165, 1.54) is 0 Å². The second kappa shape index (κ2) is 44.3. The van der Waals surface area contributed by atoms with Crippen LogP contribution in [-0.2, 0) is 33.3 Å². The third-order valence-corrected chi connectivity index (χ3v) is 9.20. The molecule has 9 heteroatoms. The molecule has 0 radical (unpaired) electrons. The minimum atomic E-state index is -1.65. The van der Waals surface area contributed by atoms with Crippen molar-refractivity contribution in [1.82, 2.24) is 0 Å². The van der Waals surface area contributed by atoms with Crippen LogP contribution < -0.4 is 5.11 Å². The number of carbonyl (C=O) groups is 3. The molecule has 0 aliphatic rings. The molecule has 0 amide bonds. The fourth-order valence-electron chi connectivity index (χ4n) is 5.59. The maximum absolute atomic E-state index is 12.8. The molecular weight excluding hydrogens is 791 g/mol. The Morgan fingerprint density at radius 1 is 0.476 bits per heavy atom. The van der Waals surface area contributed by atoms with Gasteiger partial charge in [0.2, 0.25) is 0 Å². The lowest BCUT2D eigenvalue weighted by molar-refractivity contribution is -0.870. The second-order valence-corrected chi connectivity index (χ2v) is 16.3. The highest BCUT2D eigenvalue weighted by Crippen LogP contribution is 2.10. The summed E-state index contributed by atoms with van der Waals surface area (Å²) in [5, 5.41) is 11.7. The molecule has 0 aliphatic carbocycles. The van der Waals surface area contributed by atoms with Gasteiger partial charge in [0, 0.05) is 12.8 Å². The number of unbranched alkanes of at least 4 members (excludes halogenated alkanes) is 6. The number of carboxylic acid groups (broad SMARTS) is 1. The zero-order valence-electron chi connectivity index (χ0n) is 39.9. The third kappa shape index (κ3) is 45.5. The van der Waals surface area contributed by atoms with Crippen LogP contribution in [-0.4, -0.2) is 82.3 Å². The number of carbonyl (C=O) groups excluding carboxylic acids is 3. The summed E-state index contributed by atoms with van der Waals surface area (Å²) >= 11 is 0. The van der Waals surface area contributed by atoms with E-state index in [9.17, 15) is 19.5 Å². The number of aliphatic carboxylic acids is 1. The Morgan fingerprint density at radius 3 is 1.24 bits per heavy atom. The molecule has 354 valence electrons. The van der Waals surface area contributed by atoms with Crippen molar-refractivity contribution in [3.63, 3.8) is 0 Å². The van der Waals surface area contributed by atoms with E-state index >= 15 is 0 Å². The van der Waals surface area contributed by atoms with Crippen molar-refractivity contribution in [2.75, 3.05) is 47.5 Å². The number of hydrogen-bond donors (Lipinski definition) is 0. The van der Waals surface area contributed by atoms with E-state index in [1.54, 1.807) is 0 Å². The van der Waals surface area contributed by atoms with Gasteiger partial charge in [-0.2, -0.15) is 0 Å². The molecule has 0 aromatic carbocycles. The van der Waals surface area contributed by atoms with Crippen LogP contribution in [0.3, 0.4) is 0 Å². The first kappa shape index (κ1) is 58.7. The van der Waals surface area contributed by atoms with Crippen LogP contribution in [0.2, 0.25) is 0 Å². The number of hydrogen-bond acceptors (Lipinski definition) is 8. The number of quaternary nitrogens is 1. The molecular formula is C54H85NO8. The van der Waals surface area contributed by atoms with E-state index < -0.39 is 30.3 Å². The summed E-state index contributed by atoms with van der Waals surface area (Å²) in [4.78, 5) is 37.1. The molecule has 0 aliphatic heterocycles. The van der Waals surface area contributed by atoms with E-state index in [4.69, 9.17) is 18.9 Å². The average molecular weight is 876 g/mol. The highest BCUT2D eigenvalue weighted by atomic mass is 16.7. The number of allylic oxidation sites excluding steroid dienone is 20. The first-order valence-electron chi connectivity index (χ1n) is 23.7. The largest absolute Gasteiger partial charge is 0.545 e. The summed E-state index contributed by atoms with van der Waals surface area (Å²) in [6.07, 6.45) is 58.0. The predicted octanol–water partition coefficient (Wildman–Crippen LogP) is 11.7. The molecule has 0 saturated carbocycles. The maximum Gasteiger partial charge on any atom is 0.306 e. The Labute approximate surface area is 383 Å². The van der Waals surface area contributed by atoms with Gasteiger partial charge in [0.1, 0.15) is 13.2 Å². The molecule has 0 bridgehead atoms. The summed E-state index contributed by atoms with van der Waals surface area (Å²) in [5.41, 5.74) is 0. The van der Waals surface area contributed by atoms with E-state index in [-0.39, 0.29) is 32.7 Å². The monoisotopic (exact) mass is 876 g/mol. The maximum atomic E-state index is 12.8. The van der Waals surface area contributed by atoms with Crippen molar-refractivity contribution >= 4 is 17.9 Å². The van der Waals surface area contributed by atoms with Crippen LogP contribution in [0.4, 0.5) is 0 Å². The lowest BCUT2D eigenvalue weighted by Gasteiger charge is -2.26. The van der Waals surface area contributed by atoms with Gasteiger partial charge in [0.15, 0.2) is 12.4 Å². The standard InChI is InChI=1S/C54H85NO8/c1-6-8-10-12-14-16-18-20-22-24-26-28-30-32-34-36-38-40-42-44-51(56)61-48-50(49-62-54(53(58)59)60-47-46-55(3,4)5)63-52(57)45-43-41-39-37-35-33-31-29-27-25-23-21-19-17-15-13-11-9-7-2/h8-11,14-17,20-23,26-29,32-35,50,54H,6-7,12-13,18-19,24-25,30-31,36-49H2,1-5H3/b10-8-,11-9-,16-14-,17-15-,22-20-,23-21-,28-26-,29-27-,34-32-,35-33-. The van der Waals surface area contributed by atoms with Crippen molar-refractivity contribution in [3.05, 3.63) is 122 Å². The highest BCUT2D eigenvalue weighted by Gasteiger charge is 2.21. The van der Waals surface area contributed by atoms with E-state index in [0.29, 0.717) is 23.9 Å². The predicted molar refractivity (Wildman–Crippen MR) is 260 cm³/mol. The van der Waals surface area contributed by atoms with Gasteiger partial charge in [0.25, 0.3) is 0 Å². The normalized spacial score (nSPS) is 14.0. The molecule has 2 unspecified atom stereocenters. The number of ether oxygens (including phenoxy) is 4. The molecule has 0 aromatic heterocycles. The van der Waals surface area contributed by atoms with Gasteiger partial charge in [-0.05, 0) is 103 Å². The van der Waals surface area contributed by atoms with Crippen molar-refractivity contribution < 1.29 is 42.9 Å². The van der Waals surface area contributed by atoms with Crippen molar-refractivity contribution in [2.24, 2.45) is 0 Å². The topological polar surface area (TPSA) is 111 Å². The Hall–Kier alpha value is -4.31. The first-order valence-corrected chi connectivity index (χ1v) is 23.7. The van der Waals surface area contributed by atoms with Gasteiger partial charge in [-0.1, -0.05) is 148 Å². The Morgan fingerprint density at radius 2 is 0.857 bits per heavy atom. The molecule has 0 spiro atoms. The van der Waals surface area contributed by atoms with Crippen LogP contribution in [0.5, 0.6) is 0 Å².